The number of fused-ring (bicyclic) bond motifs is 4. The number of rotatable bonds is 4. The Balaban J connectivity index is 1.58. The van der Waals surface area contributed by atoms with Crippen LogP contribution in [-0.4, -0.2) is 61.5 Å². The molecule has 10 nitrogen and oxygen atoms in total. The molecule has 0 N–H and O–H groups in total. The number of thioether (sulfide) groups is 1. The van der Waals surface area contributed by atoms with E-state index in [0.29, 0.717) is 5.56 Å². The standard InChI is InChI=1S/C27H23F2N3O7S/c1-36-27(35)39-14-38-25-19(33)8-9-31-24(25)26(34)30-10-11-37-12-21(30)32(31)23-15-6-7-18(28)22(29)17(15)13-40-20-5-3-2-4-16(20)23/h2-9,21,23H,10-14H2,1H3/t21-,23+/m0/s1. The highest BCUT2D eigenvalue weighted by Gasteiger charge is 2.46. The average Bonchev–Trinajstić information content (AvgIpc) is 3.13. The van der Waals surface area contributed by atoms with Crippen LogP contribution in [0.5, 0.6) is 5.75 Å². The molecule has 6 rings (SSSR count). The van der Waals surface area contributed by atoms with E-state index in [4.69, 9.17) is 14.2 Å². The first-order valence-corrected chi connectivity index (χ1v) is 13.3. The van der Waals surface area contributed by atoms with E-state index in [1.165, 1.54) is 28.7 Å². The lowest BCUT2D eigenvalue weighted by Crippen LogP contribution is -2.66. The lowest BCUT2D eigenvalue weighted by atomic mass is 9.93. The van der Waals surface area contributed by atoms with Crippen LogP contribution in [0.1, 0.15) is 33.2 Å². The zero-order valence-corrected chi connectivity index (χ0v) is 22.0. The molecule has 208 valence electrons. The number of carbonyl (C=O) groups is 2. The predicted octanol–water partition coefficient (Wildman–Crippen LogP) is 3.39. The number of hydrogen-bond donors (Lipinski definition) is 0. The quantitative estimate of drug-likeness (QED) is 0.345. The molecule has 0 radical (unpaired) electrons. The van der Waals surface area contributed by atoms with E-state index in [9.17, 15) is 18.8 Å². The molecule has 0 unspecified atom stereocenters. The monoisotopic (exact) mass is 571 g/mol. The highest BCUT2D eigenvalue weighted by molar-refractivity contribution is 7.98. The van der Waals surface area contributed by atoms with Gasteiger partial charge in [0.05, 0.1) is 26.4 Å². The van der Waals surface area contributed by atoms with Gasteiger partial charge in [0.25, 0.3) is 5.91 Å². The van der Waals surface area contributed by atoms with Crippen molar-refractivity contribution in [2.24, 2.45) is 0 Å². The minimum absolute atomic E-state index is 0.0994. The smallest absolute Gasteiger partial charge is 0.451 e. The summed E-state index contributed by atoms with van der Waals surface area (Å²) in [6, 6.07) is 10.7. The molecule has 4 heterocycles. The Kier molecular flexibility index (Phi) is 6.84. The Morgan fingerprint density at radius 3 is 2.77 bits per heavy atom. The Hall–Kier alpha value is -4.10. The van der Waals surface area contributed by atoms with Gasteiger partial charge in [-0.05, 0) is 23.3 Å². The van der Waals surface area contributed by atoms with E-state index >= 15 is 4.39 Å². The van der Waals surface area contributed by atoms with Gasteiger partial charge < -0.3 is 23.8 Å². The van der Waals surface area contributed by atoms with Crippen molar-refractivity contribution in [2.75, 3.05) is 38.7 Å². The molecule has 3 aromatic rings. The lowest BCUT2D eigenvalue weighted by Gasteiger charge is -2.51. The summed E-state index contributed by atoms with van der Waals surface area (Å²) in [6.45, 7) is -0.0595. The van der Waals surface area contributed by atoms with Crippen LogP contribution in [0.2, 0.25) is 0 Å². The van der Waals surface area contributed by atoms with Gasteiger partial charge in [0, 0.05) is 35.0 Å². The summed E-state index contributed by atoms with van der Waals surface area (Å²) in [4.78, 5) is 40.6. The van der Waals surface area contributed by atoms with E-state index in [1.54, 1.807) is 11.0 Å². The highest BCUT2D eigenvalue weighted by atomic mass is 32.2. The third-order valence-electron chi connectivity index (χ3n) is 7.08. The van der Waals surface area contributed by atoms with Crippen molar-refractivity contribution in [2.45, 2.75) is 22.9 Å². The summed E-state index contributed by atoms with van der Waals surface area (Å²) >= 11 is 1.39. The topological polar surface area (TPSA) is 99.5 Å². The second kappa shape index (κ2) is 10.5. The number of methoxy groups -OCH3 is 1. The van der Waals surface area contributed by atoms with Gasteiger partial charge in [0.15, 0.2) is 17.3 Å². The molecule has 13 heteroatoms. The van der Waals surface area contributed by atoms with Gasteiger partial charge in [-0.2, -0.15) is 0 Å². The molecule has 3 aliphatic heterocycles. The molecular formula is C27H23F2N3O7S. The molecule has 2 aromatic carbocycles. The minimum atomic E-state index is -1.02. The zero-order chi connectivity index (χ0) is 28.0. The fourth-order valence-corrected chi connectivity index (χ4v) is 6.42. The first kappa shape index (κ1) is 26.1. The summed E-state index contributed by atoms with van der Waals surface area (Å²) in [6.07, 6.45) is -0.238. The molecular weight excluding hydrogens is 548 g/mol. The molecule has 40 heavy (non-hydrogen) atoms. The number of benzene rings is 2. The highest BCUT2D eigenvalue weighted by Crippen LogP contribution is 2.45. The number of nitrogens with zero attached hydrogens (tertiary/aromatic N) is 3. The summed E-state index contributed by atoms with van der Waals surface area (Å²) in [7, 11) is 1.12. The normalized spacial score (nSPS) is 19.5. The Labute approximate surface area is 230 Å². The molecule has 0 saturated carbocycles. The number of amides is 1. The maximum atomic E-state index is 15.3. The van der Waals surface area contributed by atoms with E-state index in [-0.39, 0.29) is 42.5 Å². The molecule has 0 aliphatic carbocycles. The molecule has 0 spiro atoms. The van der Waals surface area contributed by atoms with Crippen LogP contribution in [0.4, 0.5) is 13.6 Å². The van der Waals surface area contributed by atoms with E-state index in [0.717, 1.165) is 23.6 Å². The summed E-state index contributed by atoms with van der Waals surface area (Å²) in [5.74, 6) is -2.51. The fourth-order valence-electron chi connectivity index (χ4n) is 5.31. The molecule has 0 bridgehead atoms. The third kappa shape index (κ3) is 4.25. The fraction of sp³-hybridized carbons (Fsp3) is 0.296. The van der Waals surface area contributed by atoms with Crippen molar-refractivity contribution in [1.82, 2.24) is 9.58 Å². The largest absolute Gasteiger partial charge is 0.510 e. The van der Waals surface area contributed by atoms with E-state index in [1.807, 2.05) is 29.3 Å². The number of aromatic nitrogens is 1. The maximum absolute atomic E-state index is 15.3. The van der Waals surface area contributed by atoms with Gasteiger partial charge in [-0.25, -0.2) is 13.6 Å². The van der Waals surface area contributed by atoms with Gasteiger partial charge in [-0.15, -0.1) is 11.8 Å². The number of halogens is 2. The number of ether oxygens (including phenoxy) is 4. The number of pyridine rings is 1. The molecule has 3 aliphatic rings. The SMILES string of the molecule is COC(=O)OCOc1c2n(ccc1=O)N([C@H]1c3ccccc3SCc3c1ccc(F)c3F)[C@H]1COCCN1C2=O. The van der Waals surface area contributed by atoms with Crippen LogP contribution in [0, 0.1) is 11.6 Å². The number of morpholine rings is 1. The molecule has 2 atom stereocenters. The van der Waals surface area contributed by atoms with Crippen molar-refractivity contribution in [3.05, 3.63) is 92.9 Å². The number of hydrogen-bond acceptors (Lipinski definition) is 9. The second-order valence-electron chi connectivity index (χ2n) is 9.16. The van der Waals surface area contributed by atoms with Crippen LogP contribution >= 0.6 is 11.8 Å². The van der Waals surface area contributed by atoms with Crippen molar-refractivity contribution in [3.8, 4) is 5.75 Å². The third-order valence-corrected chi connectivity index (χ3v) is 8.20. The average molecular weight is 572 g/mol. The first-order valence-electron chi connectivity index (χ1n) is 12.4. The van der Waals surface area contributed by atoms with Crippen molar-refractivity contribution in [1.29, 1.82) is 0 Å². The van der Waals surface area contributed by atoms with Crippen LogP contribution in [0.3, 0.4) is 0 Å². The molecule has 1 aromatic heterocycles. The lowest BCUT2D eigenvalue weighted by molar-refractivity contribution is -0.0209. The number of carbonyl (C=O) groups excluding carboxylic acids is 2. The van der Waals surface area contributed by atoms with Crippen molar-refractivity contribution < 1.29 is 37.3 Å². The Bertz CT molecular complexity index is 1570. The van der Waals surface area contributed by atoms with E-state index in [2.05, 4.69) is 4.74 Å². The van der Waals surface area contributed by atoms with Crippen LogP contribution in [0.15, 0.2) is 58.4 Å². The Morgan fingerprint density at radius 2 is 1.95 bits per heavy atom. The van der Waals surface area contributed by atoms with Gasteiger partial charge >= 0.3 is 6.16 Å². The molecule has 1 amide bonds. The van der Waals surface area contributed by atoms with Crippen LogP contribution in [-0.2, 0) is 20.0 Å². The van der Waals surface area contributed by atoms with Gasteiger partial charge in [0.1, 0.15) is 6.17 Å². The minimum Gasteiger partial charge on any atom is -0.451 e. The summed E-state index contributed by atoms with van der Waals surface area (Å²) < 4.78 is 51.7. The molecule has 1 saturated heterocycles. The zero-order valence-electron chi connectivity index (χ0n) is 21.2. The predicted molar refractivity (Wildman–Crippen MR) is 138 cm³/mol. The van der Waals surface area contributed by atoms with Crippen molar-refractivity contribution >= 4 is 23.8 Å². The maximum Gasteiger partial charge on any atom is 0.510 e. The summed E-state index contributed by atoms with van der Waals surface area (Å²) in [5.41, 5.74) is 0.815. The van der Waals surface area contributed by atoms with Gasteiger partial charge in [-0.3, -0.25) is 19.3 Å². The van der Waals surface area contributed by atoms with Crippen LogP contribution in [0.25, 0.3) is 0 Å². The van der Waals surface area contributed by atoms with E-state index < -0.39 is 48.1 Å². The first-order chi connectivity index (χ1) is 19.4. The van der Waals surface area contributed by atoms with Crippen molar-refractivity contribution in [3.63, 3.8) is 0 Å². The van der Waals surface area contributed by atoms with Gasteiger partial charge in [0.2, 0.25) is 18.0 Å². The molecule has 1 fully saturated rings. The second-order valence-corrected chi connectivity index (χ2v) is 10.2. The van der Waals surface area contributed by atoms with Gasteiger partial charge in [-0.1, -0.05) is 24.3 Å². The van der Waals surface area contributed by atoms with Crippen LogP contribution < -0.4 is 15.2 Å². The summed E-state index contributed by atoms with van der Waals surface area (Å²) in [5, 5.41) is 1.82. The Morgan fingerprint density at radius 1 is 1.12 bits per heavy atom.